The molecule has 0 unspecified atom stereocenters. The molecule has 1 aliphatic rings. The molecule has 5 N–H and O–H groups in total. The minimum absolute atomic E-state index is 0.0356. The first-order valence-electron chi connectivity index (χ1n) is 15.9. The summed E-state index contributed by atoms with van der Waals surface area (Å²) in [6.07, 6.45) is 2.33. The SMILES string of the molecule is CC(C)C[C@@H]1NC(=O)CCCN(C(=O)[C@@H](N)C(C)C)CCCNC(=O)c2csc(n2)[C@H](Cc2ccccc2)NC(=O)c2csc1n2. The van der Waals surface area contributed by atoms with Gasteiger partial charge in [-0.05, 0) is 43.1 Å². The third-order valence-corrected chi connectivity index (χ3v) is 9.69. The van der Waals surface area contributed by atoms with Crippen LogP contribution in [-0.4, -0.2) is 64.2 Å². The number of nitrogens with one attached hydrogen (secondary N) is 3. The first-order chi connectivity index (χ1) is 22.0. The summed E-state index contributed by atoms with van der Waals surface area (Å²) in [7, 11) is 0. The van der Waals surface area contributed by atoms with Crippen LogP contribution in [0, 0.1) is 11.8 Å². The second kappa shape index (κ2) is 16.8. The van der Waals surface area contributed by atoms with Gasteiger partial charge in [0.1, 0.15) is 21.4 Å². The van der Waals surface area contributed by atoms with Crippen LogP contribution in [0.3, 0.4) is 0 Å². The fourth-order valence-electron chi connectivity index (χ4n) is 5.17. The van der Waals surface area contributed by atoms with Crippen molar-refractivity contribution in [2.24, 2.45) is 17.6 Å². The molecule has 3 aromatic rings. The molecule has 13 heteroatoms. The second-order valence-corrected chi connectivity index (χ2v) is 14.2. The molecule has 2 aromatic heterocycles. The third-order valence-electron chi connectivity index (χ3n) is 7.77. The highest BCUT2D eigenvalue weighted by molar-refractivity contribution is 7.10. The van der Waals surface area contributed by atoms with Gasteiger partial charge in [-0.1, -0.05) is 58.0 Å². The number of hydrogen-bond donors (Lipinski definition) is 4. The van der Waals surface area contributed by atoms with Crippen molar-refractivity contribution in [1.82, 2.24) is 30.8 Å². The Bertz CT molecular complexity index is 1470. The Morgan fingerprint density at radius 3 is 2.20 bits per heavy atom. The first-order valence-corrected chi connectivity index (χ1v) is 17.6. The quantitative estimate of drug-likeness (QED) is 0.306. The summed E-state index contributed by atoms with van der Waals surface area (Å²) in [5.74, 6) is -0.753. The van der Waals surface area contributed by atoms with E-state index in [4.69, 9.17) is 5.73 Å². The van der Waals surface area contributed by atoms with E-state index in [2.05, 4.69) is 39.8 Å². The first kappa shape index (κ1) is 35.2. The molecule has 0 fully saturated rings. The second-order valence-electron chi connectivity index (χ2n) is 12.4. The Morgan fingerprint density at radius 2 is 1.54 bits per heavy atom. The Morgan fingerprint density at radius 1 is 0.913 bits per heavy atom. The van der Waals surface area contributed by atoms with Crippen molar-refractivity contribution < 1.29 is 19.2 Å². The number of carbonyl (C=O) groups excluding carboxylic acids is 4. The number of carbonyl (C=O) groups is 4. The lowest BCUT2D eigenvalue weighted by Gasteiger charge is -2.27. The fourth-order valence-corrected chi connectivity index (χ4v) is 6.88. The average Bonchev–Trinajstić information content (AvgIpc) is 3.72. The number of amides is 4. The van der Waals surface area contributed by atoms with Crippen LogP contribution in [0.5, 0.6) is 0 Å². The minimum atomic E-state index is -0.652. The molecule has 1 aromatic carbocycles. The summed E-state index contributed by atoms with van der Waals surface area (Å²) in [4.78, 5) is 63.8. The zero-order valence-corrected chi connectivity index (χ0v) is 28.6. The Kier molecular flexibility index (Phi) is 12.8. The molecule has 0 aliphatic carbocycles. The van der Waals surface area contributed by atoms with E-state index >= 15 is 0 Å². The predicted molar refractivity (Wildman–Crippen MR) is 180 cm³/mol. The van der Waals surface area contributed by atoms with Crippen LogP contribution in [0.1, 0.15) is 102 Å². The van der Waals surface area contributed by atoms with Crippen LogP contribution in [0.15, 0.2) is 41.1 Å². The molecule has 3 atom stereocenters. The van der Waals surface area contributed by atoms with E-state index in [-0.39, 0.29) is 59.3 Å². The molecule has 4 rings (SSSR count). The van der Waals surface area contributed by atoms with E-state index < -0.39 is 12.1 Å². The zero-order chi connectivity index (χ0) is 33.2. The molecule has 0 spiro atoms. The Labute approximate surface area is 278 Å². The zero-order valence-electron chi connectivity index (χ0n) is 27.0. The lowest BCUT2D eigenvalue weighted by molar-refractivity contribution is -0.134. The van der Waals surface area contributed by atoms with Crippen molar-refractivity contribution in [3.8, 4) is 0 Å². The van der Waals surface area contributed by atoms with E-state index in [1.165, 1.54) is 22.7 Å². The highest BCUT2D eigenvalue weighted by Gasteiger charge is 2.27. The van der Waals surface area contributed by atoms with Crippen LogP contribution in [0.25, 0.3) is 0 Å². The summed E-state index contributed by atoms with van der Waals surface area (Å²) >= 11 is 2.65. The van der Waals surface area contributed by atoms with E-state index in [1.807, 2.05) is 44.2 Å². The van der Waals surface area contributed by atoms with Crippen molar-refractivity contribution >= 4 is 46.3 Å². The Hall–Kier alpha value is -3.68. The fraction of sp³-hybridized carbons (Fsp3) is 0.515. The summed E-state index contributed by atoms with van der Waals surface area (Å²) in [6.45, 7) is 9.05. The highest BCUT2D eigenvalue weighted by atomic mass is 32.1. The average molecular weight is 668 g/mol. The smallest absolute Gasteiger partial charge is 0.271 e. The molecule has 46 heavy (non-hydrogen) atoms. The largest absolute Gasteiger partial charge is 0.351 e. The maximum absolute atomic E-state index is 13.5. The molecular weight excluding hydrogens is 623 g/mol. The molecule has 1 aliphatic heterocycles. The van der Waals surface area contributed by atoms with E-state index in [0.717, 1.165) is 5.56 Å². The maximum Gasteiger partial charge on any atom is 0.271 e. The summed E-state index contributed by atoms with van der Waals surface area (Å²) in [5.41, 5.74) is 7.75. The van der Waals surface area contributed by atoms with Crippen molar-refractivity contribution in [2.45, 2.75) is 77.9 Å². The van der Waals surface area contributed by atoms with Gasteiger partial charge >= 0.3 is 0 Å². The van der Waals surface area contributed by atoms with Gasteiger partial charge in [0, 0.05) is 36.8 Å². The van der Waals surface area contributed by atoms with Gasteiger partial charge < -0.3 is 26.6 Å². The van der Waals surface area contributed by atoms with Gasteiger partial charge in [-0.2, -0.15) is 0 Å². The topological polar surface area (TPSA) is 159 Å². The molecular formula is C33H45N7O4S2. The van der Waals surface area contributed by atoms with Gasteiger partial charge in [-0.15, -0.1) is 22.7 Å². The molecule has 4 bridgehead atoms. The monoisotopic (exact) mass is 667 g/mol. The molecule has 4 amide bonds. The van der Waals surface area contributed by atoms with E-state index in [0.29, 0.717) is 55.3 Å². The van der Waals surface area contributed by atoms with Crippen molar-refractivity contribution in [3.63, 3.8) is 0 Å². The standard InChI is InChI=1S/C33H45N7O4S2/c1-20(2)16-23-31-39-26(19-46-31)30(43)37-24(17-22-10-6-5-7-11-22)32-38-25(18-45-32)29(42)35-13-9-15-40(14-8-12-27(41)36-23)33(44)28(34)21(3)4/h5-7,10-11,18-21,23-24,28H,8-9,12-17,34H2,1-4H3,(H,35,42)(H,36,41)(H,37,43)/t23-,24-,28-/m0/s1. The normalized spacial score (nSPS) is 19.6. The molecule has 248 valence electrons. The van der Waals surface area contributed by atoms with Crippen molar-refractivity contribution in [3.05, 3.63) is 68.1 Å². The number of nitrogens with zero attached hydrogens (tertiary/aromatic N) is 3. The predicted octanol–water partition coefficient (Wildman–Crippen LogP) is 4.24. The van der Waals surface area contributed by atoms with Crippen LogP contribution in [-0.2, 0) is 16.0 Å². The van der Waals surface area contributed by atoms with Gasteiger partial charge in [-0.3, -0.25) is 19.2 Å². The number of hydrogen-bond acceptors (Lipinski definition) is 9. The van der Waals surface area contributed by atoms with Gasteiger partial charge in [0.25, 0.3) is 11.8 Å². The van der Waals surface area contributed by atoms with Crippen LogP contribution in [0.4, 0.5) is 0 Å². The molecule has 3 heterocycles. The number of aromatic nitrogens is 2. The number of rotatable bonds is 6. The lowest BCUT2D eigenvalue weighted by Crippen LogP contribution is -2.47. The molecule has 0 saturated heterocycles. The number of fused-ring (bicyclic) bond motifs is 4. The Balaban J connectivity index is 1.62. The summed E-state index contributed by atoms with van der Waals surface area (Å²) in [5, 5.41) is 13.8. The molecule has 0 radical (unpaired) electrons. The van der Waals surface area contributed by atoms with Gasteiger partial charge in [-0.25, -0.2) is 9.97 Å². The van der Waals surface area contributed by atoms with Gasteiger partial charge in [0.2, 0.25) is 11.8 Å². The van der Waals surface area contributed by atoms with Gasteiger partial charge in [0.15, 0.2) is 0 Å². The van der Waals surface area contributed by atoms with E-state index in [9.17, 15) is 19.2 Å². The highest BCUT2D eigenvalue weighted by Crippen LogP contribution is 2.27. The van der Waals surface area contributed by atoms with E-state index in [1.54, 1.807) is 15.7 Å². The number of thiazole rings is 2. The molecule has 11 nitrogen and oxygen atoms in total. The summed E-state index contributed by atoms with van der Waals surface area (Å²) < 4.78 is 0. The third kappa shape index (κ3) is 9.91. The summed E-state index contributed by atoms with van der Waals surface area (Å²) in [6, 6.07) is 8.28. The van der Waals surface area contributed by atoms with Crippen LogP contribution >= 0.6 is 22.7 Å². The lowest BCUT2D eigenvalue weighted by atomic mass is 10.0. The maximum atomic E-state index is 13.5. The number of nitrogens with two attached hydrogens (primary N) is 1. The minimum Gasteiger partial charge on any atom is -0.351 e. The molecule has 0 saturated carbocycles. The van der Waals surface area contributed by atoms with Crippen molar-refractivity contribution in [2.75, 3.05) is 19.6 Å². The van der Waals surface area contributed by atoms with Gasteiger partial charge in [0.05, 0.1) is 18.1 Å². The van der Waals surface area contributed by atoms with Crippen molar-refractivity contribution in [1.29, 1.82) is 0 Å². The van der Waals surface area contributed by atoms with Crippen LogP contribution < -0.4 is 21.7 Å². The number of benzene rings is 1. The van der Waals surface area contributed by atoms with Crippen LogP contribution in [0.2, 0.25) is 0 Å².